The Morgan fingerprint density at radius 3 is 2.41 bits per heavy atom. The first-order valence-corrected chi connectivity index (χ1v) is 12.0. The fraction of sp³-hybridized carbons (Fsp3) is 0.250. The molecule has 0 bridgehead atoms. The molecule has 3 aromatic carbocycles. The maximum atomic E-state index is 12.8. The lowest BCUT2D eigenvalue weighted by molar-refractivity contribution is -0.115. The molecule has 1 aromatic heterocycles. The fourth-order valence-electron chi connectivity index (χ4n) is 4.58. The molecule has 2 N–H and O–H groups in total. The molecule has 2 atom stereocenters. The van der Waals surface area contributed by atoms with E-state index in [1.807, 2.05) is 41.1 Å². The lowest BCUT2D eigenvalue weighted by atomic mass is 9.93. The van der Waals surface area contributed by atoms with Gasteiger partial charge in [0.1, 0.15) is 5.75 Å². The monoisotopic (exact) mass is 499 g/mol. The van der Waals surface area contributed by atoms with Gasteiger partial charge in [-0.1, -0.05) is 48.5 Å². The molecule has 1 amide bonds. The molecule has 9 nitrogen and oxygen atoms in total. The molecule has 1 aliphatic rings. The summed E-state index contributed by atoms with van der Waals surface area (Å²) in [7, 11) is 4.80. The van der Waals surface area contributed by atoms with Crippen molar-refractivity contribution >= 4 is 17.8 Å². The van der Waals surface area contributed by atoms with Gasteiger partial charge in [0, 0.05) is 0 Å². The lowest BCUT2D eigenvalue weighted by Crippen LogP contribution is -2.28. The van der Waals surface area contributed by atoms with Crippen LogP contribution < -0.4 is 24.8 Å². The van der Waals surface area contributed by atoms with E-state index in [1.165, 1.54) is 0 Å². The Labute approximate surface area is 215 Å². The Balaban J connectivity index is 1.38. The van der Waals surface area contributed by atoms with Crippen LogP contribution in [0.2, 0.25) is 0 Å². The normalized spacial score (nSPS) is 16.3. The first-order chi connectivity index (χ1) is 18.1. The zero-order valence-electron chi connectivity index (χ0n) is 21.0. The zero-order chi connectivity index (χ0) is 25.8. The van der Waals surface area contributed by atoms with E-state index in [0.29, 0.717) is 17.4 Å². The molecule has 0 saturated heterocycles. The molecular weight excluding hydrogens is 470 g/mol. The van der Waals surface area contributed by atoms with Crippen LogP contribution in [0.15, 0.2) is 72.8 Å². The van der Waals surface area contributed by atoms with Gasteiger partial charge in [0.25, 0.3) is 5.95 Å². The minimum atomic E-state index is -0.224. The summed E-state index contributed by atoms with van der Waals surface area (Å²) in [5.74, 6) is 2.62. The molecule has 0 aliphatic carbocycles. The number of carbonyl (C=O) groups excluding carboxylic acids is 1. The second kappa shape index (κ2) is 10.6. The van der Waals surface area contributed by atoms with Gasteiger partial charge in [0.15, 0.2) is 11.5 Å². The fourth-order valence-corrected chi connectivity index (χ4v) is 4.58. The number of hydrogen-bond acceptors (Lipinski definition) is 7. The molecular formula is C28H29N5O4. The van der Waals surface area contributed by atoms with Crippen molar-refractivity contribution in [1.82, 2.24) is 14.8 Å². The Hall–Kier alpha value is -4.53. The van der Waals surface area contributed by atoms with E-state index in [4.69, 9.17) is 14.2 Å². The first kappa shape index (κ1) is 24.2. The summed E-state index contributed by atoms with van der Waals surface area (Å²) in [5.41, 5.74) is 3.03. The lowest BCUT2D eigenvalue weighted by Gasteiger charge is -2.31. The number of carbonyl (C=O) groups is 1. The number of ether oxygens (including phenoxy) is 3. The molecule has 0 unspecified atom stereocenters. The maximum absolute atomic E-state index is 12.8. The summed E-state index contributed by atoms with van der Waals surface area (Å²) in [5, 5.41) is 11.0. The number of benzene rings is 3. The van der Waals surface area contributed by atoms with Crippen molar-refractivity contribution < 1.29 is 19.0 Å². The Morgan fingerprint density at radius 2 is 1.70 bits per heavy atom. The maximum Gasteiger partial charge on any atom is 0.250 e. The van der Waals surface area contributed by atoms with Crippen LogP contribution in [0.1, 0.15) is 35.2 Å². The van der Waals surface area contributed by atoms with Gasteiger partial charge in [-0.15, -0.1) is 5.10 Å². The van der Waals surface area contributed by atoms with Crippen LogP contribution in [0.3, 0.4) is 0 Å². The minimum Gasteiger partial charge on any atom is -0.497 e. The van der Waals surface area contributed by atoms with Crippen LogP contribution in [0.25, 0.3) is 0 Å². The van der Waals surface area contributed by atoms with Crippen LogP contribution in [-0.2, 0) is 11.2 Å². The number of amides is 1. The van der Waals surface area contributed by atoms with Gasteiger partial charge in [-0.25, -0.2) is 4.68 Å². The summed E-state index contributed by atoms with van der Waals surface area (Å²) >= 11 is 0. The number of anilines is 2. The molecule has 37 heavy (non-hydrogen) atoms. The van der Waals surface area contributed by atoms with E-state index in [1.54, 1.807) is 33.5 Å². The summed E-state index contributed by atoms with van der Waals surface area (Å²) in [6.45, 7) is 0. The number of rotatable bonds is 8. The van der Waals surface area contributed by atoms with E-state index >= 15 is 0 Å². The first-order valence-electron chi connectivity index (χ1n) is 12.0. The Bertz CT molecular complexity index is 1370. The summed E-state index contributed by atoms with van der Waals surface area (Å²) in [6, 6.07) is 23.6. The van der Waals surface area contributed by atoms with Crippen molar-refractivity contribution in [2.24, 2.45) is 0 Å². The minimum absolute atomic E-state index is 0.0168. The van der Waals surface area contributed by atoms with E-state index in [0.717, 1.165) is 28.9 Å². The van der Waals surface area contributed by atoms with Crippen molar-refractivity contribution in [1.29, 1.82) is 0 Å². The predicted octanol–water partition coefficient (Wildman–Crippen LogP) is 4.63. The molecule has 190 valence electrons. The van der Waals surface area contributed by atoms with Crippen molar-refractivity contribution in [2.45, 2.75) is 24.9 Å². The summed E-state index contributed by atoms with van der Waals surface area (Å²) < 4.78 is 17.8. The van der Waals surface area contributed by atoms with Gasteiger partial charge in [-0.2, -0.15) is 4.98 Å². The van der Waals surface area contributed by atoms with Crippen molar-refractivity contribution in [3.63, 3.8) is 0 Å². The Kier molecular flexibility index (Phi) is 6.93. The molecule has 4 aromatic rings. The summed E-state index contributed by atoms with van der Waals surface area (Å²) in [4.78, 5) is 17.5. The third-order valence-corrected chi connectivity index (χ3v) is 6.46. The molecule has 0 radical (unpaired) electrons. The molecule has 9 heteroatoms. The summed E-state index contributed by atoms with van der Waals surface area (Å²) in [6.07, 6.45) is 0.917. The zero-order valence-corrected chi connectivity index (χ0v) is 21.0. The molecule has 2 heterocycles. The molecule has 5 rings (SSSR count). The number of nitrogens with one attached hydrogen (secondary N) is 2. The molecule has 0 fully saturated rings. The highest BCUT2D eigenvalue weighted by Gasteiger charge is 2.31. The number of methoxy groups -OCH3 is 3. The van der Waals surface area contributed by atoms with Gasteiger partial charge in [-0.3, -0.25) is 10.1 Å². The SMILES string of the molecule is COc1ccc([C@H]2C[C@H](c3ccccc3)n3nc(NC(=O)Cc4ccc(OC)c(OC)c4)nc3N2)cc1. The van der Waals surface area contributed by atoms with E-state index in [2.05, 4.69) is 45.0 Å². The van der Waals surface area contributed by atoms with Gasteiger partial charge < -0.3 is 19.5 Å². The van der Waals surface area contributed by atoms with Crippen LogP contribution in [0.4, 0.5) is 11.9 Å². The van der Waals surface area contributed by atoms with Crippen molar-refractivity contribution in [3.05, 3.63) is 89.5 Å². The predicted molar refractivity (Wildman–Crippen MR) is 140 cm³/mol. The molecule has 0 spiro atoms. The van der Waals surface area contributed by atoms with Crippen LogP contribution in [0, 0.1) is 0 Å². The van der Waals surface area contributed by atoms with E-state index < -0.39 is 0 Å². The largest absolute Gasteiger partial charge is 0.497 e. The van der Waals surface area contributed by atoms with Crippen molar-refractivity contribution in [2.75, 3.05) is 32.0 Å². The molecule has 0 saturated carbocycles. The number of fused-ring (bicyclic) bond motifs is 1. The van der Waals surface area contributed by atoms with Crippen LogP contribution >= 0.6 is 0 Å². The van der Waals surface area contributed by atoms with E-state index in [9.17, 15) is 4.79 Å². The number of nitrogens with zero attached hydrogens (tertiary/aromatic N) is 3. The van der Waals surface area contributed by atoms with Gasteiger partial charge >= 0.3 is 0 Å². The average Bonchev–Trinajstić information content (AvgIpc) is 3.35. The second-order valence-electron chi connectivity index (χ2n) is 8.75. The van der Waals surface area contributed by atoms with Gasteiger partial charge in [0.05, 0.1) is 39.8 Å². The topological polar surface area (TPSA) is 99.5 Å². The highest BCUT2D eigenvalue weighted by atomic mass is 16.5. The highest BCUT2D eigenvalue weighted by molar-refractivity contribution is 5.90. The number of hydrogen-bond donors (Lipinski definition) is 2. The van der Waals surface area contributed by atoms with Crippen LogP contribution in [-0.4, -0.2) is 42.0 Å². The van der Waals surface area contributed by atoms with Crippen LogP contribution in [0.5, 0.6) is 17.2 Å². The van der Waals surface area contributed by atoms with Gasteiger partial charge in [-0.05, 0) is 47.4 Å². The second-order valence-corrected chi connectivity index (χ2v) is 8.75. The standard InChI is InChI=1S/C28H29N5O4/c1-35-21-12-10-19(11-13-21)22-17-23(20-7-5-4-6-8-20)33-28(29-22)31-27(32-33)30-26(34)16-18-9-14-24(36-2)25(15-18)37-3/h4-15,22-23H,16-17H2,1-3H3,(H2,29,30,31,32,34)/t22-,23-/m1/s1. The third kappa shape index (κ3) is 5.20. The average molecular weight is 500 g/mol. The van der Waals surface area contributed by atoms with Gasteiger partial charge in [0.2, 0.25) is 11.9 Å². The Morgan fingerprint density at radius 1 is 0.946 bits per heavy atom. The number of aromatic nitrogens is 3. The van der Waals surface area contributed by atoms with E-state index in [-0.39, 0.29) is 30.4 Å². The van der Waals surface area contributed by atoms with Crippen molar-refractivity contribution in [3.8, 4) is 17.2 Å². The smallest absolute Gasteiger partial charge is 0.250 e. The molecule has 1 aliphatic heterocycles. The quantitative estimate of drug-likeness (QED) is 0.365. The highest BCUT2D eigenvalue weighted by Crippen LogP contribution is 2.38. The third-order valence-electron chi connectivity index (χ3n) is 6.46.